The van der Waals surface area contributed by atoms with E-state index in [1.807, 2.05) is 0 Å². The Morgan fingerprint density at radius 2 is 1.64 bits per heavy atom. The fourth-order valence-electron chi connectivity index (χ4n) is 1.65. The Labute approximate surface area is 89.9 Å². The summed E-state index contributed by atoms with van der Waals surface area (Å²) >= 11 is 0. The van der Waals surface area contributed by atoms with Crippen LogP contribution in [0.2, 0.25) is 0 Å². The fraction of sp³-hybridized carbons (Fsp3) is 1.00. The average Bonchev–Trinajstić information content (AvgIpc) is 2.14. The summed E-state index contributed by atoms with van der Waals surface area (Å²) in [6.07, 6.45) is 3.08. The second kappa shape index (κ2) is 5.75. The van der Waals surface area contributed by atoms with Gasteiger partial charge in [0, 0.05) is 0 Å². The smallest absolute Gasteiger partial charge is 0.0573 e. The van der Waals surface area contributed by atoms with Crippen LogP contribution in [0.5, 0.6) is 0 Å². The molecule has 0 aliphatic rings. The molecule has 14 heavy (non-hydrogen) atoms. The molecule has 1 N–H and O–H groups in total. The third-order valence-electron chi connectivity index (χ3n) is 3.87. The van der Waals surface area contributed by atoms with Gasteiger partial charge in [0.05, 0.1) is 6.10 Å². The highest BCUT2D eigenvalue weighted by Gasteiger charge is 2.26. The van der Waals surface area contributed by atoms with E-state index in [0.29, 0.717) is 11.8 Å². The first-order chi connectivity index (χ1) is 6.34. The van der Waals surface area contributed by atoms with Crippen molar-refractivity contribution in [2.45, 2.75) is 66.9 Å². The minimum absolute atomic E-state index is 0.139. The van der Waals surface area contributed by atoms with Gasteiger partial charge >= 0.3 is 0 Å². The van der Waals surface area contributed by atoms with Gasteiger partial charge in [-0.05, 0) is 23.7 Å². The second-order valence-electron chi connectivity index (χ2n) is 5.53. The van der Waals surface area contributed by atoms with Crippen LogP contribution in [0.15, 0.2) is 0 Å². The molecule has 0 heterocycles. The van der Waals surface area contributed by atoms with Gasteiger partial charge in [-0.25, -0.2) is 0 Å². The van der Waals surface area contributed by atoms with Crippen molar-refractivity contribution in [1.29, 1.82) is 0 Å². The van der Waals surface area contributed by atoms with Crippen molar-refractivity contribution in [1.82, 2.24) is 0 Å². The van der Waals surface area contributed by atoms with Crippen LogP contribution in [0.25, 0.3) is 0 Å². The summed E-state index contributed by atoms with van der Waals surface area (Å²) in [5.74, 6) is 1.04. The lowest BCUT2D eigenvalue weighted by Gasteiger charge is -2.31. The van der Waals surface area contributed by atoms with Gasteiger partial charge in [0.25, 0.3) is 0 Å². The van der Waals surface area contributed by atoms with Crippen LogP contribution < -0.4 is 0 Å². The Morgan fingerprint density at radius 3 is 2.00 bits per heavy atom. The Kier molecular flexibility index (Phi) is 5.73. The lowest BCUT2D eigenvalue weighted by atomic mass is 9.78. The van der Waals surface area contributed by atoms with E-state index in [-0.39, 0.29) is 11.5 Å². The molecule has 0 saturated carbocycles. The summed E-state index contributed by atoms with van der Waals surface area (Å²) in [6.45, 7) is 13.3. The molecule has 3 atom stereocenters. The standard InChI is InChI=1S/C13H28O/c1-7-10(3)11(4)12(14)9-13(5,6)8-2/h10-12,14H,7-9H2,1-6H3. The third kappa shape index (κ3) is 4.45. The van der Waals surface area contributed by atoms with Crippen LogP contribution in [-0.2, 0) is 0 Å². The van der Waals surface area contributed by atoms with E-state index >= 15 is 0 Å². The van der Waals surface area contributed by atoms with Crippen molar-refractivity contribution in [3.8, 4) is 0 Å². The molecule has 0 aromatic carbocycles. The second-order valence-corrected chi connectivity index (χ2v) is 5.53. The van der Waals surface area contributed by atoms with Crippen LogP contribution in [0.3, 0.4) is 0 Å². The maximum Gasteiger partial charge on any atom is 0.0573 e. The molecule has 0 rings (SSSR count). The van der Waals surface area contributed by atoms with Crippen molar-refractivity contribution < 1.29 is 5.11 Å². The molecular formula is C13H28O. The van der Waals surface area contributed by atoms with Crippen LogP contribution in [-0.4, -0.2) is 11.2 Å². The Hall–Kier alpha value is -0.0400. The molecule has 0 fully saturated rings. The zero-order valence-corrected chi connectivity index (χ0v) is 10.8. The van der Waals surface area contributed by atoms with Gasteiger partial charge in [-0.2, -0.15) is 0 Å². The lowest BCUT2D eigenvalue weighted by molar-refractivity contribution is 0.0440. The van der Waals surface area contributed by atoms with Gasteiger partial charge in [-0.3, -0.25) is 0 Å². The first-order valence-electron chi connectivity index (χ1n) is 6.02. The minimum atomic E-state index is -0.139. The average molecular weight is 200 g/mol. The summed E-state index contributed by atoms with van der Waals surface area (Å²) in [7, 11) is 0. The summed E-state index contributed by atoms with van der Waals surface area (Å²) < 4.78 is 0. The van der Waals surface area contributed by atoms with Crippen LogP contribution in [0.1, 0.15) is 60.8 Å². The molecule has 0 radical (unpaired) electrons. The molecule has 1 nitrogen and oxygen atoms in total. The molecule has 0 aromatic rings. The summed E-state index contributed by atoms with van der Waals surface area (Å²) in [5, 5.41) is 10.1. The molecule has 86 valence electrons. The number of aliphatic hydroxyl groups is 1. The lowest BCUT2D eigenvalue weighted by Crippen LogP contribution is -2.29. The number of hydrogen-bond acceptors (Lipinski definition) is 1. The van der Waals surface area contributed by atoms with Gasteiger partial charge < -0.3 is 5.11 Å². The molecule has 0 saturated heterocycles. The number of aliphatic hydroxyl groups excluding tert-OH is 1. The number of rotatable bonds is 6. The third-order valence-corrected chi connectivity index (χ3v) is 3.87. The van der Waals surface area contributed by atoms with Crippen molar-refractivity contribution in [2.24, 2.45) is 17.3 Å². The monoisotopic (exact) mass is 200 g/mol. The Balaban J connectivity index is 4.13. The quantitative estimate of drug-likeness (QED) is 0.690. The molecule has 0 aliphatic heterocycles. The van der Waals surface area contributed by atoms with Crippen LogP contribution >= 0.6 is 0 Å². The molecule has 0 aromatic heterocycles. The van der Waals surface area contributed by atoms with Gasteiger partial charge in [0.1, 0.15) is 0 Å². The predicted molar refractivity (Wildman–Crippen MR) is 63.3 cm³/mol. The topological polar surface area (TPSA) is 20.2 Å². The SMILES string of the molecule is CCC(C)C(C)C(O)CC(C)(C)CC. The first-order valence-corrected chi connectivity index (χ1v) is 6.02. The van der Waals surface area contributed by atoms with Gasteiger partial charge in [0.2, 0.25) is 0 Å². The molecule has 1 heteroatoms. The Bertz CT molecular complexity index is 151. The van der Waals surface area contributed by atoms with E-state index in [0.717, 1.165) is 19.3 Å². The van der Waals surface area contributed by atoms with E-state index in [9.17, 15) is 5.11 Å². The van der Waals surface area contributed by atoms with E-state index in [4.69, 9.17) is 0 Å². The summed E-state index contributed by atoms with van der Waals surface area (Å²) in [5.41, 5.74) is 0.279. The van der Waals surface area contributed by atoms with Gasteiger partial charge in [-0.15, -0.1) is 0 Å². The van der Waals surface area contributed by atoms with E-state index in [1.165, 1.54) is 0 Å². The highest BCUT2D eigenvalue weighted by atomic mass is 16.3. The molecule has 0 spiro atoms. The molecule has 3 unspecified atom stereocenters. The van der Waals surface area contributed by atoms with Crippen molar-refractivity contribution >= 4 is 0 Å². The maximum absolute atomic E-state index is 10.1. The van der Waals surface area contributed by atoms with Gasteiger partial charge in [-0.1, -0.05) is 54.4 Å². The van der Waals surface area contributed by atoms with Crippen LogP contribution in [0.4, 0.5) is 0 Å². The number of hydrogen-bond donors (Lipinski definition) is 1. The molecule has 0 bridgehead atoms. The summed E-state index contributed by atoms with van der Waals surface area (Å²) in [4.78, 5) is 0. The summed E-state index contributed by atoms with van der Waals surface area (Å²) in [6, 6.07) is 0. The maximum atomic E-state index is 10.1. The van der Waals surface area contributed by atoms with Gasteiger partial charge in [0.15, 0.2) is 0 Å². The molecule has 0 aliphatic carbocycles. The fourth-order valence-corrected chi connectivity index (χ4v) is 1.65. The molecular weight excluding hydrogens is 172 g/mol. The van der Waals surface area contributed by atoms with Crippen molar-refractivity contribution in [3.63, 3.8) is 0 Å². The first kappa shape index (κ1) is 14.0. The minimum Gasteiger partial charge on any atom is -0.393 e. The van der Waals surface area contributed by atoms with Crippen LogP contribution in [0, 0.1) is 17.3 Å². The molecule has 0 amide bonds. The van der Waals surface area contributed by atoms with Crippen molar-refractivity contribution in [2.75, 3.05) is 0 Å². The highest BCUT2D eigenvalue weighted by Crippen LogP contribution is 2.31. The van der Waals surface area contributed by atoms with E-state index in [2.05, 4.69) is 41.5 Å². The predicted octanol–water partition coefficient (Wildman–Crippen LogP) is 3.86. The Morgan fingerprint density at radius 1 is 1.14 bits per heavy atom. The normalized spacial score (nSPS) is 19.1. The van der Waals surface area contributed by atoms with Crippen molar-refractivity contribution in [3.05, 3.63) is 0 Å². The highest BCUT2D eigenvalue weighted by molar-refractivity contribution is 4.77. The van der Waals surface area contributed by atoms with E-state index < -0.39 is 0 Å². The van der Waals surface area contributed by atoms with E-state index in [1.54, 1.807) is 0 Å². The zero-order valence-electron chi connectivity index (χ0n) is 10.8. The zero-order chi connectivity index (χ0) is 11.4. The largest absolute Gasteiger partial charge is 0.393 e.